The van der Waals surface area contributed by atoms with Crippen LogP contribution in [0, 0.1) is 0 Å². The van der Waals surface area contributed by atoms with Crippen LogP contribution in [-0.2, 0) is 16.9 Å². The van der Waals surface area contributed by atoms with E-state index >= 15 is 0 Å². The molecule has 1 aliphatic rings. The SMILES string of the molecule is Nc1cnn2c1NCCC2.O=S(=O)(O)O. The van der Waals surface area contributed by atoms with E-state index in [-0.39, 0.29) is 0 Å². The fourth-order valence-electron chi connectivity index (χ4n) is 1.20. The van der Waals surface area contributed by atoms with Gasteiger partial charge in [0.2, 0.25) is 0 Å². The van der Waals surface area contributed by atoms with Crippen LogP contribution in [0.1, 0.15) is 6.42 Å². The van der Waals surface area contributed by atoms with Crippen molar-refractivity contribution in [2.24, 2.45) is 0 Å². The number of rotatable bonds is 0. The van der Waals surface area contributed by atoms with Gasteiger partial charge in [-0.2, -0.15) is 13.5 Å². The Hall–Kier alpha value is -1.32. The van der Waals surface area contributed by atoms with Crippen molar-refractivity contribution in [3.05, 3.63) is 6.20 Å². The van der Waals surface area contributed by atoms with Crippen molar-refractivity contribution >= 4 is 21.9 Å². The van der Waals surface area contributed by atoms with Crippen LogP contribution in [0.4, 0.5) is 11.5 Å². The van der Waals surface area contributed by atoms with Gasteiger partial charge in [-0.15, -0.1) is 0 Å². The van der Waals surface area contributed by atoms with Gasteiger partial charge in [0, 0.05) is 13.1 Å². The number of nitrogen functional groups attached to an aromatic ring is 1. The van der Waals surface area contributed by atoms with E-state index in [4.69, 9.17) is 23.3 Å². The third-order valence-electron chi connectivity index (χ3n) is 1.71. The Morgan fingerprint density at radius 1 is 1.53 bits per heavy atom. The number of nitrogens with one attached hydrogen (secondary N) is 1. The quantitative estimate of drug-likeness (QED) is 0.452. The van der Waals surface area contributed by atoms with Gasteiger partial charge < -0.3 is 11.1 Å². The molecule has 5 N–H and O–H groups in total. The molecule has 86 valence electrons. The number of nitrogens with two attached hydrogens (primary N) is 1. The van der Waals surface area contributed by atoms with Crippen molar-refractivity contribution in [3.63, 3.8) is 0 Å². The Kier molecular flexibility index (Phi) is 3.50. The predicted molar refractivity (Wildman–Crippen MR) is 53.9 cm³/mol. The van der Waals surface area contributed by atoms with E-state index in [0.29, 0.717) is 0 Å². The van der Waals surface area contributed by atoms with E-state index in [1.54, 1.807) is 6.20 Å². The van der Waals surface area contributed by atoms with Crippen LogP contribution in [0.3, 0.4) is 0 Å². The van der Waals surface area contributed by atoms with Crippen molar-refractivity contribution in [1.29, 1.82) is 0 Å². The van der Waals surface area contributed by atoms with Crippen LogP contribution in [0.5, 0.6) is 0 Å². The normalized spacial score (nSPS) is 14.5. The Labute approximate surface area is 86.7 Å². The molecule has 1 aromatic rings. The highest BCUT2D eigenvalue weighted by molar-refractivity contribution is 7.79. The van der Waals surface area contributed by atoms with E-state index < -0.39 is 10.4 Å². The van der Waals surface area contributed by atoms with Crippen molar-refractivity contribution in [2.75, 3.05) is 17.6 Å². The van der Waals surface area contributed by atoms with Crippen LogP contribution in [0.15, 0.2) is 6.20 Å². The third-order valence-corrected chi connectivity index (χ3v) is 1.71. The summed E-state index contributed by atoms with van der Waals surface area (Å²) < 4.78 is 33.5. The first-order valence-electron chi connectivity index (χ1n) is 4.13. The number of anilines is 2. The molecule has 15 heavy (non-hydrogen) atoms. The molecule has 0 spiro atoms. The molecule has 1 aliphatic heterocycles. The summed E-state index contributed by atoms with van der Waals surface area (Å²) in [7, 11) is -4.67. The summed E-state index contributed by atoms with van der Waals surface area (Å²) in [6, 6.07) is 0. The number of fused-ring (bicyclic) bond motifs is 1. The van der Waals surface area contributed by atoms with Crippen LogP contribution in [-0.4, -0.2) is 33.8 Å². The maximum Gasteiger partial charge on any atom is 0.394 e. The monoisotopic (exact) mass is 236 g/mol. The standard InChI is InChI=1S/C6H10N4.H2O4S/c7-5-4-9-10-3-1-2-8-6(5)10;1-5(2,3)4/h4,8H,1-3,7H2;(H2,1,2,3,4). The molecule has 0 aromatic carbocycles. The van der Waals surface area contributed by atoms with Crippen molar-refractivity contribution < 1.29 is 17.5 Å². The van der Waals surface area contributed by atoms with Crippen molar-refractivity contribution in [2.45, 2.75) is 13.0 Å². The molecule has 0 fully saturated rings. The average Bonchev–Trinajstić information content (AvgIpc) is 2.46. The zero-order chi connectivity index (χ0) is 11.5. The minimum atomic E-state index is -4.67. The lowest BCUT2D eigenvalue weighted by Crippen LogP contribution is -2.18. The van der Waals surface area contributed by atoms with Crippen molar-refractivity contribution in [1.82, 2.24) is 9.78 Å². The molecular weight excluding hydrogens is 224 g/mol. The van der Waals surface area contributed by atoms with Gasteiger partial charge in [-0.05, 0) is 6.42 Å². The summed E-state index contributed by atoms with van der Waals surface area (Å²) in [6.07, 6.45) is 2.82. The highest BCUT2D eigenvalue weighted by atomic mass is 32.3. The highest BCUT2D eigenvalue weighted by Gasteiger charge is 2.10. The molecule has 0 aliphatic carbocycles. The number of hydrogen-bond donors (Lipinski definition) is 4. The Bertz CT molecular complexity index is 418. The molecule has 2 heterocycles. The lowest BCUT2D eigenvalue weighted by Gasteiger charge is -2.15. The maximum absolute atomic E-state index is 8.74. The fraction of sp³-hybridized carbons (Fsp3) is 0.500. The number of hydrogen-bond acceptors (Lipinski definition) is 5. The first-order valence-corrected chi connectivity index (χ1v) is 5.52. The number of aryl methyl sites for hydroxylation is 1. The van der Waals surface area contributed by atoms with Gasteiger partial charge in [0.05, 0.1) is 11.9 Å². The second kappa shape index (κ2) is 4.47. The van der Waals surface area contributed by atoms with Gasteiger partial charge in [-0.1, -0.05) is 0 Å². The number of aromatic nitrogens is 2. The van der Waals surface area contributed by atoms with Gasteiger partial charge in [-0.3, -0.25) is 9.11 Å². The second-order valence-electron chi connectivity index (χ2n) is 2.90. The van der Waals surface area contributed by atoms with Gasteiger partial charge in [0.15, 0.2) is 0 Å². The summed E-state index contributed by atoms with van der Waals surface area (Å²) in [5.74, 6) is 0.978. The van der Waals surface area contributed by atoms with E-state index in [1.807, 2.05) is 4.68 Å². The molecule has 1 aromatic heterocycles. The summed E-state index contributed by atoms with van der Waals surface area (Å²) in [5, 5.41) is 7.27. The second-order valence-corrected chi connectivity index (χ2v) is 3.80. The zero-order valence-electron chi connectivity index (χ0n) is 7.79. The number of nitrogens with zero attached hydrogens (tertiary/aromatic N) is 2. The van der Waals surface area contributed by atoms with Crippen LogP contribution < -0.4 is 11.1 Å². The molecular formula is C6H12N4O4S. The highest BCUT2D eigenvalue weighted by Crippen LogP contribution is 2.20. The molecule has 0 saturated carbocycles. The molecule has 0 atom stereocenters. The Morgan fingerprint density at radius 3 is 2.67 bits per heavy atom. The van der Waals surface area contributed by atoms with Crippen molar-refractivity contribution in [3.8, 4) is 0 Å². The molecule has 0 unspecified atom stereocenters. The third kappa shape index (κ3) is 4.14. The molecule has 0 saturated heterocycles. The summed E-state index contributed by atoms with van der Waals surface area (Å²) in [5.41, 5.74) is 6.37. The largest absolute Gasteiger partial charge is 0.394 e. The predicted octanol–water partition coefficient (Wildman–Crippen LogP) is -0.372. The van der Waals surface area contributed by atoms with Gasteiger partial charge in [-0.25, -0.2) is 4.68 Å². The van der Waals surface area contributed by atoms with E-state index in [2.05, 4.69) is 10.4 Å². The molecule has 0 bridgehead atoms. The molecule has 0 radical (unpaired) electrons. The van der Waals surface area contributed by atoms with Gasteiger partial charge in [0.1, 0.15) is 5.82 Å². The summed E-state index contributed by atoms with van der Waals surface area (Å²) in [4.78, 5) is 0. The Morgan fingerprint density at radius 2 is 2.13 bits per heavy atom. The fourth-order valence-corrected chi connectivity index (χ4v) is 1.20. The average molecular weight is 236 g/mol. The molecule has 9 heteroatoms. The van der Waals surface area contributed by atoms with E-state index in [1.165, 1.54) is 0 Å². The van der Waals surface area contributed by atoms with Crippen LogP contribution in [0.2, 0.25) is 0 Å². The topological polar surface area (TPSA) is 130 Å². The molecule has 0 amide bonds. The zero-order valence-corrected chi connectivity index (χ0v) is 8.61. The lowest BCUT2D eigenvalue weighted by atomic mass is 10.3. The van der Waals surface area contributed by atoms with Crippen LogP contribution in [0.25, 0.3) is 0 Å². The molecule has 8 nitrogen and oxygen atoms in total. The first-order chi connectivity index (χ1) is 6.88. The summed E-state index contributed by atoms with van der Waals surface area (Å²) >= 11 is 0. The van der Waals surface area contributed by atoms with E-state index in [9.17, 15) is 0 Å². The minimum Gasteiger partial charge on any atom is -0.394 e. The smallest absolute Gasteiger partial charge is 0.394 e. The summed E-state index contributed by atoms with van der Waals surface area (Å²) in [6.45, 7) is 2.00. The lowest BCUT2D eigenvalue weighted by molar-refractivity contribution is 0.381. The minimum absolute atomic E-state index is 0.750. The van der Waals surface area contributed by atoms with Gasteiger partial charge in [0.25, 0.3) is 0 Å². The molecule has 2 rings (SSSR count). The van der Waals surface area contributed by atoms with Crippen LogP contribution >= 0.6 is 0 Å². The Balaban J connectivity index is 0.000000195. The van der Waals surface area contributed by atoms with Gasteiger partial charge >= 0.3 is 10.4 Å². The van der Waals surface area contributed by atoms with E-state index in [0.717, 1.165) is 31.0 Å². The first kappa shape index (κ1) is 11.8. The maximum atomic E-state index is 8.74.